The number of likely N-dealkylation sites (N-methyl/N-ethyl adjacent to an activating group) is 1. The maximum absolute atomic E-state index is 10.7. The van der Waals surface area contributed by atoms with Gasteiger partial charge in [0, 0.05) is 31.2 Å². The molecular formula is C24H40N2O3. The van der Waals surface area contributed by atoms with E-state index in [1.165, 1.54) is 38.5 Å². The molecule has 5 nitrogen and oxygen atoms in total. The Labute approximate surface area is 176 Å². The number of rotatable bonds is 10. The molecular weight excluding hydrogens is 364 g/mol. The van der Waals surface area contributed by atoms with Crippen LogP contribution in [-0.4, -0.2) is 59.6 Å². The topological polar surface area (TPSA) is 65.0 Å². The average molecular weight is 405 g/mol. The van der Waals surface area contributed by atoms with Crippen molar-refractivity contribution in [2.45, 2.75) is 88.5 Å². The van der Waals surface area contributed by atoms with Gasteiger partial charge in [0.1, 0.15) is 18.5 Å². The summed E-state index contributed by atoms with van der Waals surface area (Å²) in [4.78, 5) is 2.30. The fourth-order valence-electron chi connectivity index (χ4n) is 4.85. The fourth-order valence-corrected chi connectivity index (χ4v) is 4.85. The van der Waals surface area contributed by atoms with Crippen molar-refractivity contribution in [1.29, 1.82) is 0 Å². The van der Waals surface area contributed by atoms with Gasteiger partial charge in [-0.05, 0) is 38.8 Å². The molecule has 3 N–H and O–H groups in total. The largest absolute Gasteiger partial charge is 0.491 e. The first-order valence-electron chi connectivity index (χ1n) is 11.6. The monoisotopic (exact) mass is 404 g/mol. The second-order valence-corrected chi connectivity index (χ2v) is 9.19. The predicted molar refractivity (Wildman–Crippen MR) is 117 cm³/mol. The highest BCUT2D eigenvalue weighted by Crippen LogP contribution is 2.27. The molecule has 2 aliphatic rings. The van der Waals surface area contributed by atoms with Crippen molar-refractivity contribution in [2.75, 3.05) is 26.7 Å². The highest BCUT2D eigenvalue weighted by molar-refractivity contribution is 5.33. The minimum absolute atomic E-state index is 0.304. The van der Waals surface area contributed by atoms with E-state index in [1.54, 1.807) is 0 Å². The molecule has 1 aromatic rings. The number of hydrogen-bond donors (Lipinski definition) is 3. The van der Waals surface area contributed by atoms with Gasteiger partial charge in [0.15, 0.2) is 0 Å². The normalized spacial score (nSPS) is 21.2. The van der Waals surface area contributed by atoms with E-state index in [9.17, 15) is 10.2 Å². The van der Waals surface area contributed by atoms with Crippen molar-refractivity contribution >= 4 is 0 Å². The van der Waals surface area contributed by atoms with Gasteiger partial charge in [0.05, 0.1) is 5.60 Å². The highest BCUT2D eigenvalue weighted by atomic mass is 16.5. The lowest BCUT2D eigenvalue weighted by Gasteiger charge is -2.32. The number of para-hydroxylation sites is 1. The van der Waals surface area contributed by atoms with E-state index in [0.29, 0.717) is 32.3 Å². The Morgan fingerprint density at radius 1 is 1.10 bits per heavy atom. The van der Waals surface area contributed by atoms with Crippen LogP contribution in [0.3, 0.4) is 0 Å². The third kappa shape index (κ3) is 7.25. The van der Waals surface area contributed by atoms with E-state index >= 15 is 0 Å². The van der Waals surface area contributed by atoms with Gasteiger partial charge >= 0.3 is 0 Å². The van der Waals surface area contributed by atoms with Crippen molar-refractivity contribution in [3.8, 4) is 5.75 Å². The molecule has 2 fully saturated rings. The third-order valence-corrected chi connectivity index (χ3v) is 6.65. The summed E-state index contributed by atoms with van der Waals surface area (Å²) in [6, 6.07) is 8.58. The van der Waals surface area contributed by atoms with Crippen LogP contribution in [0.1, 0.15) is 69.8 Å². The Kier molecular flexibility index (Phi) is 8.79. The number of benzene rings is 1. The van der Waals surface area contributed by atoms with E-state index in [0.717, 1.165) is 37.0 Å². The number of nitrogens with zero attached hydrogens (tertiary/aromatic N) is 1. The zero-order valence-corrected chi connectivity index (χ0v) is 18.1. The third-order valence-electron chi connectivity index (χ3n) is 6.65. The van der Waals surface area contributed by atoms with Crippen LogP contribution in [0.15, 0.2) is 24.3 Å². The minimum Gasteiger partial charge on any atom is -0.491 e. The van der Waals surface area contributed by atoms with Gasteiger partial charge < -0.3 is 25.2 Å². The highest BCUT2D eigenvalue weighted by Gasteiger charge is 2.28. The summed E-state index contributed by atoms with van der Waals surface area (Å²) in [5.74, 6) is 0.815. The molecule has 0 heterocycles. The van der Waals surface area contributed by atoms with Crippen LogP contribution in [0.2, 0.25) is 0 Å². The molecule has 0 radical (unpaired) electrons. The van der Waals surface area contributed by atoms with E-state index in [2.05, 4.69) is 17.3 Å². The summed E-state index contributed by atoms with van der Waals surface area (Å²) >= 11 is 0. The first-order valence-corrected chi connectivity index (χ1v) is 11.6. The Morgan fingerprint density at radius 2 is 1.79 bits per heavy atom. The zero-order chi connectivity index (χ0) is 20.5. The number of aliphatic hydroxyl groups is 2. The summed E-state index contributed by atoms with van der Waals surface area (Å²) in [5, 5.41) is 24.5. The van der Waals surface area contributed by atoms with Crippen molar-refractivity contribution in [3.05, 3.63) is 29.8 Å². The van der Waals surface area contributed by atoms with Crippen LogP contribution < -0.4 is 10.1 Å². The van der Waals surface area contributed by atoms with Crippen LogP contribution in [0.25, 0.3) is 0 Å². The molecule has 0 aliphatic heterocycles. The van der Waals surface area contributed by atoms with Crippen molar-refractivity contribution < 1.29 is 14.9 Å². The lowest BCUT2D eigenvalue weighted by atomic mass is 9.85. The Balaban J connectivity index is 1.43. The van der Waals surface area contributed by atoms with E-state index in [1.807, 2.05) is 24.3 Å². The number of nitrogens with one attached hydrogen (secondary N) is 1. The first kappa shape index (κ1) is 22.5. The Morgan fingerprint density at radius 3 is 2.55 bits per heavy atom. The Hall–Kier alpha value is -1.14. The standard InChI is InChI=1S/C24H40N2O3/c1-26(21-11-4-2-5-12-21)17-22(27)18-29-23-13-7-6-10-20(23)16-25-19-24(28)14-8-3-9-15-24/h6-7,10,13,21-22,25,27-28H,2-5,8-9,11-12,14-19H2,1H3/t22-/m0/s1. The van der Waals surface area contributed by atoms with Crippen LogP contribution in [-0.2, 0) is 6.54 Å². The lowest BCUT2D eigenvalue weighted by molar-refractivity contribution is 0.00460. The molecule has 0 bridgehead atoms. The fraction of sp³-hybridized carbons (Fsp3) is 0.750. The average Bonchev–Trinajstić information content (AvgIpc) is 2.74. The van der Waals surface area contributed by atoms with Crippen molar-refractivity contribution in [2.24, 2.45) is 0 Å². The Bertz CT molecular complexity index is 598. The molecule has 164 valence electrons. The molecule has 3 rings (SSSR count). The van der Waals surface area contributed by atoms with E-state index < -0.39 is 11.7 Å². The number of aliphatic hydroxyl groups excluding tert-OH is 1. The smallest absolute Gasteiger partial charge is 0.123 e. The molecule has 0 spiro atoms. The summed E-state index contributed by atoms with van der Waals surface area (Å²) < 4.78 is 5.98. The zero-order valence-electron chi connectivity index (χ0n) is 18.1. The number of ether oxygens (including phenoxy) is 1. The molecule has 0 amide bonds. The van der Waals surface area contributed by atoms with Gasteiger partial charge in [-0.25, -0.2) is 0 Å². The molecule has 1 aromatic carbocycles. The molecule has 0 unspecified atom stereocenters. The van der Waals surface area contributed by atoms with Crippen LogP contribution >= 0.6 is 0 Å². The van der Waals surface area contributed by atoms with Gasteiger partial charge in [0.2, 0.25) is 0 Å². The van der Waals surface area contributed by atoms with Gasteiger partial charge in [-0.1, -0.05) is 56.7 Å². The first-order chi connectivity index (χ1) is 14.1. The molecule has 0 saturated heterocycles. The van der Waals surface area contributed by atoms with Gasteiger partial charge in [-0.2, -0.15) is 0 Å². The van der Waals surface area contributed by atoms with Crippen molar-refractivity contribution in [3.63, 3.8) is 0 Å². The molecule has 2 aliphatic carbocycles. The molecule has 2 saturated carbocycles. The molecule has 5 heteroatoms. The maximum Gasteiger partial charge on any atom is 0.123 e. The van der Waals surface area contributed by atoms with Crippen LogP contribution in [0, 0.1) is 0 Å². The van der Waals surface area contributed by atoms with Gasteiger partial charge in [-0.3, -0.25) is 0 Å². The minimum atomic E-state index is -0.562. The number of hydrogen-bond acceptors (Lipinski definition) is 5. The lowest BCUT2D eigenvalue weighted by Crippen LogP contribution is -2.42. The van der Waals surface area contributed by atoms with Crippen LogP contribution in [0.4, 0.5) is 0 Å². The summed E-state index contributed by atoms with van der Waals surface area (Å²) in [5.41, 5.74) is 0.508. The quantitative estimate of drug-likeness (QED) is 0.557. The van der Waals surface area contributed by atoms with Gasteiger partial charge in [-0.15, -0.1) is 0 Å². The van der Waals surface area contributed by atoms with Gasteiger partial charge in [0.25, 0.3) is 0 Å². The molecule has 29 heavy (non-hydrogen) atoms. The summed E-state index contributed by atoms with van der Waals surface area (Å²) in [7, 11) is 2.12. The van der Waals surface area contributed by atoms with E-state index in [4.69, 9.17) is 4.74 Å². The predicted octanol–water partition coefficient (Wildman–Crippen LogP) is 3.48. The maximum atomic E-state index is 10.7. The SMILES string of the molecule is CN(C[C@H](O)COc1ccccc1CNCC1(O)CCCCC1)C1CCCCC1. The summed E-state index contributed by atoms with van der Waals surface area (Å²) in [6.45, 7) is 2.24. The molecule has 1 atom stereocenters. The van der Waals surface area contributed by atoms with Crippen LogP contribution in [0.5, 0.6) is 5.75 Å². The molecule has 0 aromatic heterocycles. The second-order valence-electron chi connectivity index (χ2n) is 9.19. The second kappa shape index (κ2) is 11.3. The summed E-state index contributed by atoms with van der Waals surface area (Å²) in [6.07, 6.45) is 11.2. The van der Waals surface area contributed by atoms with Crippen molar-refractivity contribution in [1.82, 2.24) is 10.2 Å². The van der Waals surface area contributed by atoms with E-state index in [-0.39, 0.29) is 0 Å².